The molecule has 2 aromatic heterocycles. The predicted octanol–water partition coefficient (Wildman–Crippen LogP) is 1.97. The Labute approximate surface area is 116 Å². The van der Waals surface area contributed by atoms with Crippen LogP contribution in [0.1, 0.15) is 19.2 Å². The van der Waals surface area contributed by atoms with Crippen LogP contribution >= 0.6 is 11.3 Å². The van der Waals surface area contributed by atoms with Crippen molar-refractivity contribution in [3.05, 3.63) is 23.3 Å². The summed E-state index contributed by atoms with van der Waals surface area (Å²) in [7, 11) is 0. The van der Waals surface area contributed by atoms with Crippen molar-refractivity contribution in [1.82, 2.24) is 15.0 Å². The van der Waals surface area contributed by atoms with Gasteiger partial charge in [-0.15, -0.1) is 11.3 Å². The fraction of sp³-hybridized carbons (Fsp3) is 0.538. The third-order valence-electron chi connectivity index (χ3n) is 3.67. The minimum absolute atomic E-state index is 0.248. The van der Waals surface area contributed by atoms with Crippen LogP contribution in [-0.2, 0) is 6.54 Å². The van der Waals surface area contributed by atoms with Crippen LogP contribution in [0.15, 0.2) is 22.0 Å². The molecule has 3 heterocycles. The average Bonchev–Trinajstić information content (AvgIpc) is 3.04. The van der Waals surface area contributed by atoms with Crippen LogP contribution in [0.4, 0.5) is 0 Å². The number of aromatic nitrogens is 2. The van der Waals surface area contributed by atoms with Crippen molar-refractivity contribution >= 4 is 11.3 Å². The molecule has 1 aliphatic rings. The van der Waals surface area contributed by atoms with Crippen LogP contribution in [0.25, 0.3) is 10.8 Å². The van der Waals surface area contributed by atoms with Gasteiger partial charge >= 0.3 is 0 Å². The van der Waals surface area contributed by atoms with E-state index in [0.717, 1.165) is 36.8 Å². The van der Waals surface area contributed by atoms with E-state index in [4.69, 9.17) is 10.3 Å². The number of hydrogen-bond donors (Lipinski definition) is 1. The quantitative estimate of drug-likeness (QED) is 0.929. The number of hydrogen-bond acceptors (Lipinski definition) is 6. The SMILES string of the molecule is CC1CCN(Cc2noc(-c3cccs3)n2)CC1N. The lowest BCUT2D eigenvalue weighted by atomic mass is 9.94. The zero-order valence-corrected chi connectivity index (χ0v) is 11.8. The van der Waals surface area contributed by atoms with Gasteiger partial charge in [0, 0.05) is 12.6 Å². The van der Waals surface area contributed by atoms with Crippen molar-refractivity contribution < 1.29 is 4.52 Å². The maximum Gasteiger partial charge on any atom is 0.268 e. The third kappa shape index (κ3) is 2.86. The van der Waals surface area contributed by atoms with Gasteiger partial charge in [-0.2, -0.15) is 4.98 Å². The van der Waals surface area contributed by atoms with Gasteiger partial charge in [0.15, 0.2) is 5.82 Å². The molecule has 0 aromatic carbocycles. The summed E-state index contributed by atoms with van der Waals surface area (Å²) in [5.74, 6) is 1.95. The molecular weight excluding hydrogens is 260 g/mol. The van der Waals surface area contributed by atoms with Crippen LogP contribution in [0.3, 0.4) is 0 Å². The highest BCUT2D eigenvalue weighted by Gasteiger charge is 2.24. The summed E-state index contributed by atoms with van der Waals surface area (Å²) >= 11 is 1.61. The van der Waals surface area contributed by atoms with Gasteiger partial charge in [-0.1, -0.05) is 18.1 Å². The Bertz CT molecular complexity index is 524. The molecule has 2 unspecified atom stereocenters. The summed E-state index contributed by atoms with van der Waals surface area (Å²) in [5, 5.41) is 6.05. The van der Waals surface area contributed by atoms with E-state index in [9.17, 15) is 0 Å². The standard InChI is InChI=1S/C13H18N4OS/c1-9-4-5-17(7-10(9)14)8-12-15-13(18-16-12)11-3-2-6-19-11/h2-3,6,9-10H,4-5,7-8,14H2,1H3. The second-order valence-electron chi connectivity index (χ2n) is 5.16. The number of nitrogens with two attached hydrogens (primary N) is 1. The van der Waals surface area contributed by atoms with Crippen molar-refractivity contribution in [1.29, 1.82) is 0 Å². The van der Waals surface area contributed by atoms with Crippen molar-refractivity contribution in [2.75, 3.05) is 13.1 Å². The fourth-order valence-corrected chi connectivity index (χ4v) is 2.98. The van der Waals surface area contributed by atoms with Gasteiger partial charge < -0.3 is 10.3 Å². The Morgan fingerprint density at radius 1 is 1.58 bits per heavy atom. The summed E-state index contributed by atoms with van der Waals surface area (Å²) in [5.41, 5.74) is 6.10. The summed E-state index contributed by atoms with van der Waals surface area (Å²) in [4.78, 5) is 7.76. The largest absolute Gasteiger partial charge is 0.333 e. The number of nitrogens with zero attached hydrogens (tertiary/aromatic N) is 3. The van der Waals surface area contributed by atoms with Gasteiger partial charge in [-0.3, -0.25) is 4.90 Å². The normalized spacial score (nSPS) is 24.7. The molecule has 3 rings (SSSR count). The maximum atomic E-state index is 6.10. The van der Waals surface area contributed by atoms with E-state index >= 15 is 0 Å². The second-order valence-corrected chi connectivity index (χ2v) is 6.11. The molecule has 1 fully saturated rings. The maximum absolute atomic E-state index is 6.10. The minimum atomic E-state index is 0.248. The fourth-order valence-electron chi connectivity index (χ4n) is 2.33. The smallest absolute Gasteiger partial charge is 0.268 e. The molecule has 0 saturated carbocycles. The first-order valence-corrected chi connectivity index (χ1v) is 7.45. The van der Waals surface area contributed by atoms with Crippen molar-refractivity contribution in [2.24, 2.45) is 11.7 Å². The van der Waals surface area contributed by atoms with Crippen LogP contribution in [0.5, 0.6) is 0 Å². The van der Waals surface area contributed by atoms with Gasteiger partial charge in [0.1, 0.15) is 0 Å². The molecule has 0 amide bonds. The van der Waals surface area contributed by atoms with E-state index in [0.29, 0.717) is 11.8 Å². The third-order valence-corrected chi connectivity index (χ3v) is 4.52. The van der Waals surface area contributed by atoms with E-state index in [2.05, 4.69) is 22.0 Å². The molecule has 1 aliphatic heterocycles. The molecule has 0 aliphatic carbocycles. The number of piperidine rings is 1. The van der Waals surface area contributed by atoms with Crippen molar-refractivity contribution in [3.63, 3.8) is 0 Å². The molecule has 19 heavy (non-hydrogen) atoms. The molecule has 1 saturated heterocycles. The van der Waals surface area contributed by atoms with E-state index < -0.39 is 0 Å². The van der Waals surface area contributed by atoms with Gasteiger partial charge in [-0.05, 0) is 30.3 Å². The lowest BCUT2D eigenvalue weighted by Crippen LogP contribution is -2.47. The van der Waals surface area contributed by atoms with Crippen molar-refractivity contribution in [2.45, 2.75) is 25.9 Å². The molecule has 5 nitrogen and oxygen atoms in total. The van der Waals surface area contributed by atoms with Crippen LogP contribution in [0, 0.1) is 5.92 Å². The monoisotopic (exact) mass is 278 g/mol. The first-order chi connectivity index (χ1) is 9.22. The minimum Gasteiger partial charge on any atom is -0.333 e. The van der Waals surface area contributed by atoms with E-state index in [-0.39, 0.29) is 6.04 Å². The molecule has 2 N–H and O–H groups in total. The number of thiophene rings is 1. The van der Waals surface area contributed by atoms with E-state index in [1.807, 2.05) is 17.5 Å². The molecule has 0 radical (unpaired) electrons. The Hall–Kier alpha value is -1.24. The first kappa shape index (κ1) is 12.8. The number of rotatable bonds is 3. The molecule has 102 valence electrons. The topological polar surface area (TPSA) is 68.2 Å². The Balaban J connectivity index is 1.64. The summed E-state index contributed by atoms with van der Waals surface area (Å²) in [6, 6.07) is 4.22. The molecule has 0 spiro atoms. The number of likely N-dealkylation sites (tertiary alicyclic amines) is 1. The highest BCUT2D eigenvalue weighted by Crippen LogP contribution is 2.23. The lowest BCUT2D eigenvalue weighted by molar-refractivity contribution is 0.157. The lowest BCUT2D eigenvalue weighted by Gasteiger charge is -2.34. The summed E-state index contributed by atoms with van der Waals surface area (Å²) in [6.45, 7) is 4.89. The molecule has 2 aromatic rings. The van der Waals surface area contributed by atoms with Crippen LogP contribution < -0.4 is 5.73 Å². The Morgan fingerprint density at radius 3 is 3.21 bits per heavy atom. The van der Waals surface area contributed by atoms with Gasteiger partial charge in [0.2, 0.25) is 0 Å². The summed E-state index contributed by atoms with van der Waals surface area (Å²) in [6.07, 6.45) is 1.14. The zero-order chi connectivity index (χ0) is 13.2. The van der Waals surface area contributed by atoms with E-state index in [1.165, 1.54) is 0 Å². The van der Waals surface area contributed by atoms with Crippen LogP contribution in [0.2, 0.25) is 0 Å². The molecule has 0 bridgehead atoms. The average molecular weight is 278 g/mol. The predicted molar refractivity (Wildman–Crippen MR) is 74.6 cm³/mol. The highest BCUT2D eigenvalue weighted by atomic mass is 32.1. The first-order valence-electron chi connectivity index (χ1n) is 6.57. The van der Waals surface area contributed by atoms with Gasteiger partial charge in [-0.25, -0.2) is 0 Å². The zero-order valence-electron chi connectivity index (χ0n) is 11.0. The highest BCUT2D eigenvalue weighted by molar-refractivity contribution is 7.13. The molecule has 2 atom stereocenters. The molecular formula is C13H18N4OS. The van der Waals surface area contributed by atoms with Crippen molar-refractivity contribution in [3.8, 4) is 10.8 Å². The Kier molecular flexibility index (Phi) is 3.63. The van der Waals surface area contributed by atoms with E-state index in [1.54, 1.807) is 11.3 Å². The van der Waals surface area contributed by atoms with Crippen LogP contribution in [-0.4, -0.2) is 34.2 Å². The molecule has 6 heteroatoms. The van der Waals surface area contributed by atoms with Gasteiger partial charge in [0.05, 0.1) is 11.4 Å². The van der Waals surface area contributed by atoms with Gasteiger partial charge in [0.25, 0.3) is 5.89 Å². The summed E-state index contributed by atoms with van der Waals surface area (Å²) < 4.78 is 5.29. The Morgan fingerprint density at radius 2 is 2.47 bits per heavy atom. The second kappa shape index (κ2) is 5.40.